The van der Waals surface area contributed by atoms with E-state index in [1.54, 1.807) is 4.68 Å². The summed E-state index contributed by atoms with van der Waals surface area (Å²) in [5.74, 6) is -0.386. The molecule has 0 spiro atoms. The molecule has 1 heterocycles. The lowest BCUT2D eigenvalue weighted by Gasteiger charge is -2.15. The van der Waals surface area contributed by atoms with Gasteiger partial charge in [-0.25, -0.2) is 0 Å². The van der Waals surface area contributed by atoms with E-state index in [0.717, 1.165) is 23.2 Å². The summed E-state index contributed by atoms with van der Waals surface area (Å²) >= 11 is 0. The van der Waals surface area contributed by atoms with Crippen molar-refractivity contribution in [1.82, 2.24) is 15.1 Å². The van der Waals surface area contributed by atoms with Gasteiger partial charge in [-0.3, -0.25) is 14.8 Å². The molecule has 1 amide bonds. The number of amides is 1. The van der Waals surface area contributed by atoms with Crippen LogP contribution in [0.2, 0.25) is 0 Å². The van der Waals surface area contributed by atoms with Gasteiger partial charge in [0.05, 0.1) is 5.69 Å². The zero-order valence-corrected chi connectivity index (χ0v) is 11.8. The Kier molecular flexibility index (Phi) is 4.53. The van der Waals surface area contributed by atoms with Gasteiger partial charge in [0.15, 0.2) is 0 Å². The highest BCUT2D eigenvalue weighted by Crippen LogP contribution is 2.18. The molecule has 0 bridgehead atoms. The molecule has 1 aromatic carbocycles. The second-order valence-electron chi connectivity index (χ2n) is 4.76. The fourth-order valence-electron chi connectivity index (χ4n) is 2.25. The van der Waals surface area contributed by atoms with Crippen molar-refractivity contribution >= 4 is 5.91 Å². The Morgan fingerprint density at radius 1 is 1.40 bits per heavy atom. The number of primary amides is 1. The van der Waals surface area contributed by atoms with E-state index in [9.17, 15) is 4.79 Å². The smallest absolute Gasteiger partial charge is 0.239 e. The quantitative estimate of drug-likeness (QED) is 0.832. The van der Waals surface area contributed by atoms with Crippen molar-refractivity contribution in [2.24, 2.45) is 12.8 Å². The first kappa shape index (κ1) is 14.3. The molecule has 3 N–H and O–H groups in total. The first-order chi connectivity index (χ1) is 9.61. The van der Waals surface area contributed by atoms with Gasteiger partial charge >= 0.3 is 0 Å². The van der Waals surface area contributed by atoms with E-state index < -0.39 is 6.04 Å². The fraction of sp³-hybridized carbons (Fsp3) is 0.333. The van der Waals surface area contributed by atoms with Crippen molar-refractivity contribution < 1.29 is 4.79 Å². The molecule has 5 nitrogen and oxygen atoms in total. The summed E-state index contributed by atoms with van der Waals surface area (Å²) in [5, 5.41) is 7.57. The van der Waals surface area contributed by atoms with Crippen molar-refractivity contribution in [3.05, 3.63) is 53.3 Å². The molecule has 1 unspecified atom stereocenters. The van der Waals surface area contributed by atoms with Gasteiger partial charge in [-0.1, -0.05) is 37.3 Å². The van der Waals surface area contributed by atoms with Crippen molar-refractivity contribution in [1.29, 1.82) is 0 Å². The van der Waals surface area contributed by atoms with Crippen LogP contribution < -0.4 is 11.1 Å². The zero-order valence-electron chi connectivity index (χ0n) is 11.8. The van der Waals surface area contributed by atoms with Crippen molar-refractivity contribution in [3.8, 4) is 0 Å². The summed E-state index contributed by atoms with van der Waals surface area (Å²) in [6.45, 7) is 2.60. The first-order valence-corrected chi connectivity index (χ1v) is 6.70. The van der Waals surface area contributed by atoms with E-state index in [4.69, 9.17) is 5.73 Å². The highest BCUT2D eigenvalue weighted by atomic mass is 16.1. The predicted molar refractivity (Wildman–Crippen MR) is 77.8 cm³/mol. The Morgan fingerprint density at radius 3 is 2.70 bits per heavy atom. The monoisotopic (exact) mass is 272 g/mol. The van der Waals surface area contributed by atoms with Crippen LogP contribution >= 0.6 is 0 Å². The van der Waals surface area contributed by atoms with E-state index in [2.05, 4.69) is 10.4 Å². The Labute approximate surface area is 118 Å². The van der Waals surface area contributed by atoms with Gasteiger partial charge in [0.25, 0.3) is 0 Å². The maximum absolute atomic E-state index is 11.7. The average Bonchev–Trinajstić information content (AvgIpc) is 2.81. The molecule has 0 aliphatic rings. The molecule has 0 aliphatic heterocycles. The Balaban J connectivity index is 2.17. The number of aromatic nitrogens is 2. The van der Waals surface area contributed by atoms with Gasteiger partial charge < -0.3 is 5.73 Å². The second kappa shape index (κ2) is 6.34. The lowest BCUT2D eigenvalue weighted by molar-refractivity contribution is -0.120. The number of nitrogens with two attached hydrogens (primary N) is 1. The minimum Gasteiger partial charge on any atom is -0.368 e. The molecular weight excluding hydrogens is 252 g/mol. The van der Waals surface area contributed by atoms with E-state index in [0.29, 0.717) is 6.54 Å². The predicted octanol–water partition coefficient (Wildman–Crippen LogP) is 1.30. The SMILES string of the molecule is CCc1nn(C)cc1C(NCc1ccccc1)C(N)=O. The zero-order chi connectivity index (χ0) is 14.5. The molecule has 0 radical (unpaired) electrons. The van der Waals surface area contributed by atoms with Gasteiger partial charge in [-0.15, -0.1) is 0 Å². The number of hydrogen-bond donors (Lipinski definition) is 2. The molecule has 20 heavy (non-hydrogen) atoms. The van der Waals surface area contributed by atoms with Gasteiger partial charge in [-0.2, -0.15) is 5.10 Å². The molecular formula is C15H20N4O. The van der Waals surface area contributed by atoms with Crippen LogP contribution in [-0.4, -0.2) is 15.7 Å². The van der Waals surface area contributed by atoms with Crippen molar-refractivity contribution in [2.75, 3.05) is 0 Å². The normalized spacial score (nSPS) is 12.3. The molecule has 0 fully saturated rings. The molecule has 0 saturated heterocycles. The van der Waals surface area contributed by atoms with Crippen molar-refractivity contribution in [2.45, 2.75) is 25.9 Å². The molecule has 0 aliphatic carbocycles. The van der Waals surface area contributed by atoms with Crippen LogP contribution in [0.1, 0.15) is 29.8 Å². The fourth-order valence-corrected chi connectivity index (χ4v) is 2.25. The minimum atomic E-state index is -0.515. The molecule has 0 saturated carbocycles. The highest BCUT2D eigenvalue weighted by Gasteiger charge is 2.22. The summed E-state index contributed by atoms with van der Waals surface area (Å²) in [6.07, 6.45) is 2.62. The van der Waals surface area contributed by atoms with Crippen LogP contribution in [0.15, 0.2) is 36.5 Å². The van der Waals surface area contributed by atoms with Crippen LogP contribution in [-0.2, 0) is 24.8 Å². The maximum atomic E-state index is 11.7. The average molecular weight is 272 g/mol. The van der Waals surface area contributed by atoms with Gasteiger partial charge in [0.2, 0.25) is 5.91 Å². The lowest BCUT2D eigenvalue weighted by Crippen LogP contribution is -2.33. The van der Waals surface area contributed by atoms with E-state index >= 15 is 0 Å². The number of carbonyl (C=O) groups excluding carboxylic acids is 1. The van der Waals surface area contributed by atoms with Crippen LogP contribution in [0.25, 0.3) is 0 Å². The molecule has 1 atom stereocenters. The number of aryl methyl sites for hydroxylation is 2. The van der Waals surface area contributed by atoms with Crippen LogP contribution in [0.5, 0.6) is 0 Å². The highest BCUT2D eigenvalue weighted by molar-refractivity contribution is 5.81. The van der Waals surface area contributed by atoms with Gasteiger partial charge in [0.1, 0.15) is 6.04 Å². The third-order valence-corrected chi connectivity index (χ3v) is 3.22. The Bertz CT molecular complexity index is 577. The number of nitrogens with one attached hydrogen (secondary N) is 1. The summed E-state index contributed by atoms with van der Waals surface area (Å²) < 4.78 is 1.72. The number of benzene rings is 1. The number of rotatable bonds is 6. The van der Waals surface area contributed by atoms with Gasteiger partial charge in [0, 0.05) is 25.4 Å². The topological polar surface area (TPSA) is 72.9 Å². The van der Waals surface area contributed by atoms with E-state index in [1.165, 1.54) is 0 Å². The van der Waals surface area contributed by atoms with Gasteiger partial charge in [-0.05, 0) is 12.0 Å². The first-order valence-electron chi connectivity index (χ1n) is 6.70. The second-order valence-corrected chi connectivity index (χ2v) is 4.76. The van der Waals surface area contributed by atoms with Crippen LogP contribution in [0, 0.1) is 0 Å². The maximum Gasteiger partial charge on any atom is 0.239 e. The van der Waals surface area contributed by atoms with Crippen LogP contribution in [0.4, 0.5) is 0 Å². The molecule has 5 heteroatoms. The van der Waals surface area contributed by atoms with Crippen molar-refractivity contribution in [3.63, 3.8) is 0 Å². The summed E-state index contributed by atoms with van der Waals surface area (Å²) in [5.41, 5.74) is 8.40. The van der Waals surface area contributed by atoms with Crippen LogP contribution in [0.3, 0.4) is 0 Å². The minimum absolute atomic E-state index is 0.386. The molecule has 2 rings (SSSR count). The van der Waals surface area contributed by atoms with E-state index in [1.807, 2.05) is 50.5 Å². The third kappa shape index (κ3) is 3.24. The third-order valence-electron chi connectivity index (χ3n) is 3.22. The number of nitrogens with zero attached hydrogens (tertiary/aromatic N) is 2. The number of hydrogen-bond acceptors (Lipinski definition) is 3. The summed E-state index contributed by atoms with van der Waals surface area (Å²) in [6, 6.07) is 9.41. The number of carbonyl (C=O) groups is 1. The lowest BCUT2D eigenvalue weighted by atomic mass is 10.1. The summed E-state index contributed by atoms with van der Waals surface area (Å²) in [7, 11) is 1.85. The standard InChI is InChI=1S/C15H20N4O/c1-3-13-12(10-19(2)18-13)14(15(16)20)17-9-11-7-5-4-6-8-11/h4-8,10,14,17H,3,9H2,1-2H3,(H2,16,20). The molecule has 2 aromatic rings. The van der Waals surface area contributed by atoms with E-state index in [-0.39, 0.29) is 5.91 Å². The molecule has 1 aromatic heterocycles. The molecule has 106 valence electrons. The Morgan fingerprint density at radius 2 is 2.10 bits per heavy atom. The largest absolute Gasteiger partial charge is 0.368 e. The Hall–Kier alpha value is -2.14. The summed E-state index contributed by atoms with van der Waals surface area (Å²) in [4.78, 5) is 11.7.